The maximum absolute atomic E-state index is 11.9. The number of piperidine rings is 1. The number of likely N-dealkylation sites (tertiary alicyclic amines) is 1. The molecule has 0 radical (unpaired) electrons. The zero-order valence-electron chi connectivity index (χ0n) is 12.6. The summed E-state index contributed by atoms with van der Waals surface area (Å²) in [6.45, 7) is 3.54. The molecule has 1 aromatic heterocycles. The van der Waals surface area contributed by atoms with Crippen LogP contribution in [0.4, 0.5) is 5.82 Å². The molecule has 1 aliphatic rings. The lowest BCUT2D eigenvalue weighted by Gasteiger charge is -2.31. The fourth-order valence-corrected chi connectivity index (χ4v) is 2.59. The number of nitrogens with zero attached hydrogens (tertiary/aromatic N) is 2. The number of rotatable bonds is 7. The summed E-state index contributed by atoms with van der Waals surface area (Å²) in [4.78, 5) is 18.2. The van der Waals surface area contributed by atoms with Gasteiger partial charge >= 0.3 is 0 Å². The second-order valence-corrected chi connectivity index (χ2v) is 5.50. The van der Waals surface area contributed by atoms with Crippen molar-refractivity contribution in [2.45, 2.75) is 19.3 Å². The molecule has 0 saturated carbocycles. The highest BCUT2D eigenvalue weighted by Gasteiger charge is 2.20. The summed E-state index contributed by atoms with van der Waals surface area (Å²) in [5.74, 6) is 1.43. The van der Waals surface area contributed by atoms with Gasteiger partial charge in [0, 0.05) is 6.20 Å². The van der Waals surface area contributed by atoms with Crippen molar-refractivity contribution in [1.29, 1.82) is 0 Å². The van der Waals surface area contributed by atoms with Gasteiger partial charge in [0.1, 0.15) is 5.82 Å². The van der Waals surface area contributed by atoms with E-state index < -0.39 is 0 Å². The molecule has 1 aromatic rings. The summed E-state index contributed by atoms with van der Waals surface area (Å²) in [6.07, 6.45) is 5.29. The topological polar surface area (TPSA) is 69.3 Å². The van der Waals surface area contributed by atoms with Gasteiger partial charge in [-0.05, 0) is 64.0 Å². The van der Waals surface area contributed by atoms with Crippen molar-refractivity contribution in [3.63, 3.8) is 0 Å². The Morgan fingerprint density at radius 1 is 1.38 bits per heavy atom. The molecule has 1 aliphatic heterocycles. The quantitative estimate of drug-likeness (QED) is 0.650. The fourth-order valence-electron chi connectivity index (χ4n) is 2.59. The summed E-state index contributed by atoms with van der Waals surface area (Å²) in [5.41, 5.74) is 5.51. The fraction of sp³-hybridized carbons (Fsp3) is 0.600. The van der Waals surface area contributed by atoms with Crippen LogP contribution in [0.15, 0.2) is 24.4 Å². The monoisotopic (exact) mass is 291 g/mol. The lowest BCUT2D eigenvalue weighted by atomic mass is 9.93. The number of aromatic nitrogens is 1. The van der Waals surface area contributed by atoms with Gasteiger partial charge in [-0.25, -0.2) is 4.98 Å². The number of hydrogen-bond donors (Lipinski definition) is 3. The highest BCUT2D eigenvalue weighted by atomic mass is 16.2. The van der Waals surface area contributed by atoms with Gasteiger partial charge < -0.3 is 5.32 Å². The minimum absolute atomic E-state index is 0.0191. The lowest BCUT2D eigenvalue weighted by Crippen LogP contribution is -2.43. The Morgan fingerprint density at radius 3 is 2.86 bits per heavy atom. The molecular formula is C15H25N5O. The average molecular weight is 291 g/mol. The summed E-state index contributed by atoms with van der Waals surface area (Å²) in [5, 5.41) is 3.20. The van der Waals surface area contributed by atoms with Gasteiger partial charge in [0.25, 0.3) is 5.91 Å². The first kappa shape index (κ1) is 15.7. The minimum Gasteiger partial charge on any atom is -0.320 e. The van der Waals surface area contributed by atoms with Crippen molar-refractivity contribution in [2.75, 3.05) is 38.7 Å². The average Bonchev–Trinajstić information content (AvgIpc) is 2.53. The van der Waals surface area contributed by atoms with Crippen LogP contribution in [0.1, 0.15) is 19.3 Å². The number of anilines is 1. The number of pyridine rings is 1. The lowest BCUT2D eigenvalue weighted by molar-refractivity contribution is -0.122. The van der Waals surface area contributed by atoms with Crippen molar-refractivity contribution >= 4 is 11.7 Å². The van der Waals surface area contributed by atoms with Crippen molar-refractivity contribution in [3.05, 3.63) is 24.4 Å². The molecule has 0 spiro atoms. The second kappa shape index (κ2) is 8.59. The van der Waals surface area contributed by atoms with E-state index in [1.54, 1.807) is 6.20 Å². The number of amides is 1. The van der Waals surface area contributed by atoms with Crippen LogP contribution in [0.5, 0.6) is 0 Å². The molecule has 3 N–H and O–H groups in total. The normalized spacial score (nSPS) is 16.6. The molecule has 0 aliphatic carbocycles. The number of hydrazine groups is 1. The van der Waals surface area contributed by atoms with Gasteiger partial charge in [0.05, 0.1) is 6.54 Å². The number of carbonyl (C=O) groups excluding carboxylic acids is 1. The van der Waals surface area contributed by atoms with Crippen molar-refractivity contribution < 1.29 is 4.79 Å². The van der Waals surface area contributed by atoms with Gasteiger partial charge in [-0.3, -0.25) is 20.5 Å². The predicted molar refractivity (Wildman–Crippen MR) is 83.7 cm³/mol. The number of nitrogens with one attached hydrogen (secondary N) is 3. The molecule has 0 aromatic carbocycles. The Morgan fingerprint density at radius 2 is 2.19 bits per heavy atom. The molecule has 6 heteroatoms. The Bertz CT molecular complexity index is 417. The van der Waals surface area contributed by atoms with Gasteiger partial charge in [0.15, 0.2) is 0 Å². The molecule has 1 saturated heterocycles. The van der Waals surface area contributed by atoms with Gasteiger partial charge in [-0.2, -0.15) is 0 Å². The third-order valence-corrected chi connectivity index (χ3v) is 3.87. The largest absolute Gasteiger partial charge is 0.320 e. The Kier molecular flexibility index (Phi) is 6.43. The molecule has 2 heterocycles. The highest BCUT2D eigenvalue weighted by Crippen LogP contribution is 2.19. The van der Waals surface area contributed by atoms with Crippen LogP contribution in [0.25, 0.3) is 0 Å². The zero-order chi connectivity index (χ0) is 14.9. The molecule has 0 atom stereocenters. The van der Waals surface area contributed by atoms with E-state index in [1.165, 1.54) is 19.3 Å². The summed E-state index contributed by atoms with van der Waals surface area (Å²) in [7, 11) is 1.99. The van der Waals surface area contributed by atoms with E-state index >= 15 is 0 Å². The first-order valence-corrected chi connectivity index (χ1v) is 7.61. The van der Waals surface area contributed by atoms with Crippen LogP contribution in [0, 0.1) is 5.92 Å². The van der Waals surface area contributed by atoms with E-state index in [0.29, 0.717) is 12.4 Å². The molecule has 116 valence electrons. The van der Waals surface area contributed by atoms with Crippen LogP contribution in [0.2, 0.25) is 0 Å². The van der Waals surface area contributed by atoms with Gasteiger partial charge in [-0.15, -0.1) is 0 Å². The SMILES string of the molecule is CNCCC1CCN(CC(=O)NNc2ccccn2)CC1. The maximum Gasteiger partial charge on any atom is 0.252 e. The van der Waals surface area contributed by atoms with Crippen molar-refractivity contribution in [2.24, 2.45) is 5.92 Å². The van der Waals surface area contributed by atoms with E-state index in [4.69, 9.17) is 0 Å². The van der Waals surface area contributed by atoms with E-state index in [9.17, 15) is 4.79 Å². The highest BCUT2D eigenvalue weighted by molar-refractivity contribution is 5.79. The molecular weight excluding hydrogens is 266 g/mol. The Labute approximate surface area is 126 Å². The third kappa shape index (κ3) is 5.69. The van der Waals surface area contributed by atoms with Crippen LogP contribution < -0.4 is 16.2 Å². The van der Waals surface area contributed by atoms with Crippen LogP contribution in [0.3, 0.4) is 0 Å². The van der Waals surface area contributed by atoms with Crippen molar-refractivity contribution in [1.82, 2.24) is 20.6 Å². The van der Waals surface area contributed by atoms with Crippen LogP contribution >= 0.6 is 0 Å². The molecule has 6 nitrogen and oxygen atoms in total. The zero-order valence-corrected chi connectivity index (χ0v) is 12.6. The number of hydrogen-bond acceptors (Lipinski definition) is 5. The van der Waals surface area contributed by atoms with E-state index in [2.05, 4.69) is 26.1 Å². The van der Waals surface area contributed by atoms with Crippen LogP contribution in [-0.4, -0.2) is 49.0 Å². The van der Waals surface area contributed by atoms with Gasteiger partial charge in [0.2, 0.25) is 0 Å². The van der Waals surface area contributed by atoms with Gasteiger partial charge in [-0.1, -0.05) is 6.07 Å². The summed E-state index contributed by atoms with van der Waals surface area (Å²) < 4.78 is 0. The summed E-state index contributed by atoms with van der Waals surface area (Å²) in [6, 6.07) is 5.52. The molecule has 0 unspecified atom stereocenters. The minimum atomic E-state index is -0.0191. The van der Waals surface area contributed by atoms with E-state index in [-0.39, 0.29) is 5.91 Å². The first-order valence-electron chi connectivity index (χ1n) is 7.61. The molecule has 0 bridgehead atoms. The standard InChI is InChI=1S/C15H25N5O/c1-16-9-5-13-6-10-20(11-7-13)12-15(21)19-18-14-4-2-3-8-17-14/h2-4,8,13,16H,5-7,9-12H2,1H3,(H,17,18)(H,19,21). The smallest absolute Gasteiger partial charge is 0.252 e. The molecule has 21 heavy (non-hydrogen) atoms. The summed E-state index contributed by atoms with van der Waals surface area (Å²) >= 11 is 0. The Hall–Kier alpha value is -1.66. The number of carbonyl (C=O) groups is 1. The molecule has 1 amide bonds. The predicted octanol–water partition coefficient (Wildman–Crippen LogP) is 0.846. The van der Waals surface area contributed by atoms with E-state index in [0.717, 1.165) is 25.6 Å². The second-order valence-electron chi connectivity index (χ2n) is 5.50. The molecule has 2 rings (SSSR count). The first-order chi connectivity index (χ1) is 10.3. The van der Waals surface area contributed by atoms with Crippen LogP contribution in [-0.2, 0) is 4.79 Å². The third-order valence-electron chi connectivity index (χ3n) is 3.87. The molecule has 1 fully saturated rings. The van der Waals surface area contributed by atoms with Crippen molar-refractivity contribution in [3.8, 4) is 0 Å². The van der Waals surface area contributed by atoms with E-state index in [1.807, 2.05) is 25.2 Å². The maximum atomic E-state index is 11.9. The Balaban J connectivity index is 1.63.